The van der Waals surface area contributed by atoms with E-state index in [2.05, 4.69) is 0 Å². The van der Waals surface area contributed by atoms with Crippen molar-refractivity contribution in [2.24, 2.45) is 5.73 Å². The molecule has 1 rings (SSSR count). The lowest BCUT2D eigenvalue weighted by atomic mass is 9.98. The van der Waals surface area contributed by atoms with Crippen LogP contribution < -0.4 is 5.73 Å². The fraction of sp³-hybridized carbons (Fsp3) is 0.455. The van der Waals surface area contributed by atoms with Crippen molar-refractivity contribution in [1.82, 2.24) is 0 Å². The Balaban J connectivity index is 0.00000196. The molecule has 0 aromatic heterocycles. The van der Waals surface area contributed by atoms with Crippen LogP contribution in [-0.2, 0) is 0 Å². The number of hydrogen-bond donors (Lipinski definition) is 2. The van der Waals surface area contributed by atoms with E-state index in [4.69, 9.17) is 10.8 Å². The molecule has 0 bridgehead atoms. The van der Waals surface area contributed by atoms with E-state index >= 15 is 0 Å². The van der Waals surface area contributed by atoms with Crippen molar-refractivity contribution in [2.75, 3.05) is 6.61 Å². The van der Waals surface area contributed by atoms with Crippen molar-refractivity contribution in [3.05, 3.63) is 35.1 Å². The molecule has 86 valence electrons. The van der Waals surface area contributed by atoms with Gasteiger partial charge in [0.15, 0.2) is 0 Å². The lowest BCUT2D eigenvalue weighted by Gasteiger charge is -2.14. The van der Waals surface area contributed by atoms with E-state index < -0.39 is 0 Å². The Morgan fingerprint density at radius 1 is 1.47 bits per heavy atom. The molecule has 0 saturated carbocycles. The van der Waals surface area contributed by atoms with E-state index in [0.717, 1.165) is 5.56 Å². The summed E-state index contributed by atoms with van der Waals surface area (Å²) >= 11 is 0. The molecule has 0 spiro atoms. The third kappa shape index (κ3) is 3.78. The Morgan fingerprint density at radius 3 is 2.73 bits per heavy atom. The highest BCUT2D eigenvalue weighted by Crippen LogP contribution is 2.21. The van der Waals surface area contributed by atoms with Crippen molar-refractivity contribution in [3.8, 4) is 0 Å². The normalized spacial score (nSPS) is 12.0. The number of aliphatic hydroxyl groups excluding tert-OH is 1. The topological polar surface area (TPSA) is 46.2 Å². The van der Waals surface area contributed by atoms with E-state index in [1.54, 1.807) is 13.0 Å². The predicted octanol–water partition coefficient (Wildman–Crippen LogP) is 2.33. The first-order valence-corrected chi connectivity index (χ1v) is 4.78. The first-order chi connectivity index (χ1) is 6.66. The van der Waals surface area contributed by atoms with Gasteiger partial charge >= 0.3 is 0 Å². The van der Waals surface area contributed by atoms with Gasteiger partial charge in [0.2, 0.25) is 0 Å². The Bertz CT molecular complexity index is 307. The number of aliphatic hydroxyl groups is 1. The van der Waals surface area contributed by atoms with Crippen LogP contribution in [0.5, 0.6) is 0 Å². The molecule has 0 saturated heterocycles. The average molecular weight is 234 g/mol. The van der Waals surface area contributed by atoms with Gasteiger partial charge in [-0.15, -0.1) is 12.4 Å². The van der Waals surface area contributed by atoms with Gasteiger partial charge in [0, 0.05) is 12.6 Å². The molecule has 2 nitrogen and oxygen atoms in total. The van der Waals surface area contributed by atoms with Crippen LogP contribution in [0.1, 0.15) is 30.0 Å². The van der Waals surface area contributed by atoms with Crippen LogP contribution in [0.3, 0.4) is 0 Å². The molecular formula is C11H17ClFNO. The standard InChI is InChI=1S/C11H16FNO.ClH/c1-8-9(4-2-5-10(8)12)11(13)6-3-7-14;/h2,4-5,11,14H,3,6-7,13H2,1H3;1H/t11-;/m1./s1. The summed E-state index contributed by atoms with van der Waals surface area (Å²) in [7, 11) is 0. The molecule has 0 heterocycles. The monoisotopic (exact) mass is 233 g/mol. The molecule has 0 aliphatic heterocycles. The summed E-state index contributed by atoms with van der Waals surface area (Å²) in [5, 5.41) is 8.66. The van der Waals surface area contributed by atoms with E-state index in [-0.39, 0.29) is 30.9 Å². The fourth-order valence-corrected chi connectivity index (χ4v) is 1.49. The lowest BCUT2D eigenvalue weighted by Crippen LogP contribution is -2.12. The summed E-state index contributed by atoms with van der Waals surface area (Å²) in [6.45, 7) is 1.85. The number of nitrogens with two attached hydrogens (primary N) is 1. The molecule has 0 radical (unpaired) electrons. The third-order valence-electron chi connectivity index (χ3n) is 2.38. The van der Waals surface area contributed by atoms with E-state index in [1.807, 2.05) is 6.07 Å². The minimum absolute atomic E-state index is 0. The SMILES string of the molecule is Cc1c(F)cccc1[C@H](N)CCCO.Cl. The van der Waals surface area contributed by atoms with Crippen molar-refractivity contribution >= 4 is 12.4 Å². The van der Waals surface area contributed by atoms with Gasteiger partial charge in [-0.1, -0.05) is 12.1 Å². The van der Waals surface area contributed by atoms with Gasteiger partial charge in [-0.2, -0.15) is 0 Å². The summed E-state index contributed by atoms with van der Waals surface area (Å²) in [5.41, 5.74) is 7.31. The average Bonchev–Trinajstić information content (AvgIpc) is 2.18. The molecule has 1 atom stereocenters. The van der Waals surface area contributed by atoms with E-state index in [1.165, 1.54) is 6.07 Å². The van der Waals surface area contributed by atoms with Crippen molar-refractivity contribution in [2.45, 2.75) is 25.8 Å². The first-order valence-electron chi connectivity index (χ1n) is 4.78. The van der Waals surface area contributed by atoms with Crippen LogP contribution in [0.25, 0.3) is 0 Å². The quantitative estimate of drug-likeness (QED) is 0.839. The maximum absolute atomic E-state index is 13.2. The fourth-order valence-electron chi connectivity index (χ4n) is 1.49. The van der Waals surface area contributed by atoms with Gasteiger partial charge < -0.3 is 10.8 Å². The molecule has 15 heavy (non-hydrogen) atoms. The maximum Gasteiger partial charge on any atom is 0.126 e. The number of halogens is 2. The van der Waals surface area contributed by atoms with Crippen molar-refractivity contribution < 1.29 is 9.50 Å². The molecular weight excluding hydrogens is 217 g/mol. The summed E-state index contributed by atoms with van der Waals surface area (Å²) in [6.07, 6.45) is 1.33. The minimum Gasteiger partial charge on any atom is -0.396 e. The highest BCUT2D eigenvalue weighted by atomic mass is 35.5. The molecule has 3 N–H and O–H groups in total. The van der Waals surface area contributed by atoms with Crippen LogP contribution in [-0.4, -0.2) is 11.7 Å². The van der Waals surface area contributed by atoms with Gasteiger partial charge in [0.05, 0.1) is 0 Å². The van der Waals surface area contributed by atoms with Crippen LogP contribution in [0.4, 0.5) is 4.39 Å². The molecule has 0 aliphatic rings. The van der Waals surface area contributed by atoms with Crippen molar-refractivity contribution in [3.63, 3.8) is 0 Å². The highest BCUT2D eigenvalue weighted by molar-refractivity contribution is 5.85. The van der Waals surface area contributed by atoms with Crippen molar-refractivity contribution in [1.29, 1.82) is 0 Å². The van der Waals surface area contributed by atoms with Gasteiger partial charge in [0.1, 0.15) is 5.82 Å². The second-order valence-corrected chi connectivity index (χ2v) is 3.43. The van der Waals surface area contributed by atoms with Crippen LogP contribution in [0.2, 0.25) is 0 Å². The first kappa shape index (κ1) is 14.4. The molecule has 0 unspecified atom stereocenters. The Kier molecular flexibility index (Phi) is 6.48. The van der Waals surface area contributed by atoms with E-state index in [0.29, 0.717) is 18.4 Å². The molecule has 1 aromatic rings. The highest BCUT2D eigenvalue weighted by Gasteiger charge is 2.10. The summed E-state index contributed by atoms with van der Waals surface area (Å²) in [6, 6.07) is 4.74. The lowest BCUT2D eigenvalue weighted by molar-refractivity contribution is 0.280. The smallest absolute Gasteiger partial charge is 0.126 e. The largest absolute Gasteiger partial charge is 0.396 e. The minimum atomic E-state index is -0.220. The maximum atomic E-state index is 13.2. The molecule has 1 aromatic carbocycles. The summed E-state index contributed by atoms with van der Waals surface area (Å²) in [5.74, 6) is -0.220. The van der Waals surface area contributed by atoms with E-state index in [9.17, 15) is 4.39 Å². The van der Waals surface area contributed by atoms with Gasteiger partial charge in [-0.25, -0.2) is 4.39 Å². The summed E-state index contributed by atoms with van der Waals surface area (Å²) < 4.78 is 13.2. The van der Waals surface area contributed by atoms with Crippen LogP contribution >= 0.6 is 12.4 Å². The molecule has 0 amide bonds. The van der Waals surface area contributed by atoms with Gasteiger partial charge in [-0.05, 0) is 37.0 Å². The number of rotatable bonds is 4. The predicted molar refractivity (Wildman–Crippen MR) is 61.6 cm³/mol. The zero-order chi connectivity index (χ0) is 10.6. The zero-order valence-corrected chi connectivity index (χ0v) is 9.56. The number of hydrogen-bond acceptors (Lipinski definition) is 2. The van der Waals surface area contributed by atoms with Crippen LogP contribution in [0, 0.1) is 12.7 Å². The zero-order valence-electron chi connectivity index (χ0n) is 8.74. The molecule has 4 heteroatoms. The Hall–Kier alpha value is -0.640. The Labute approximate surface area is 95.7 Å². The van der Waals surface area contributed by atoms with Gasteiger partial charge in [-0.3, -0.25) is 0 Å². The second-order valence-electron chi connectivity index (χ2n) is 3.43. The Morgan fingerprint density at radius 2 is 2.13 bits per heavy atom. The van der Waals surface area contributed by atoms with Crippen LogP contribution in [0.15, 0.2) is 18.2 Å². The third-order valence-corrected chi connectivity index (χ3v) is 2.38. The molecule has 0 fully saturated rings. The second kappa shape index (κ2) is 6.77. The van der Waals surface area contributed by atoms with Gasteiger partial charge in [0.25, 0.3) is 0 Å². The summed E-state index contributed by atoms with van der Waals surface area (Å²) in [4.78, 5) is 0. The molecule has 0 aliphatic carbocycles. The number of benzene rings is 1.